The Morgan fingerprint density at radius 2 is 2.00 bits per heavy atom. The van der Waals surface area contributed by atoms with Crippen LogP contribution in [-0.2, 0) is 15.1 Å². The first kappa shape index (κ1) is 19.5. The van der Waals surface area contributed by atoms with Crippen molar-refractivity contribution in [1.82, 2.24) is 15.1 Å². The third-order valence-corrected chi connectivity index (χ3v) is 6.11. The number of likely N-dealkylation sites (tertiary alicyclic amines) is 1. The number of rotatable bonds is 4. The molecule has 2 saturated heterocycles. The molecular formula is C22H23N3O6. The number of urea groups is 1. The van der Waals surface area contributed by atoms with Crippen molar-refractivity contribution in [3.8, 4) is 11.5 Å². The number of carbonyl (C=O) groups excluding carboxylic acids is 3. The number of amides is 4. The average Bonchev–Trinajstić information content (AvgIpc) is 3.52. The van der Waals surface area contributed by atoms with Gasteiger partial charge >= 0.3 is 6.03 Å². The molecule has 3 aliphatic rings. The van der Waals surface area contributed by atoms with E-state index in [4.69, 9.17) is 13.9 Å². The number of ether oxygens (including phenoxy) is 2. The smallest absolute Gasteiger partial charge is 0.325 e. The molecule has 1 aromatic heterocycles. The lowest BCUT2D eigenvalue weighted by atomic mass is 9.99. The molecule has 0 radical (unpaired) electrons. The Labute approximate surface area is 178 Å². The van der Waals surface area contributed by atoms with Crippen LogP contribution in [0, 0.1) is 0 Å². The highest BCUT2D eigenvalue weighted by Crippen LogP contribution is 2.38. The summed E-state index contributed by atoms with van der Waals surface area (Å²) in [6, 6.07) is 8.24. The van der Waals surface area contributed by atoms with Gasteiger partial charge in [0, 0.05) is 6.54 Å². The van der Waals surface area contributed by atoms with E-state index in [1.807, 2.05) is 18.2 Å². The van der Waals surface area contributed by atoms with Crippen LogP contribution >= 0.6 is 0 Å². The predicted molar refractivity (Wildman–Crippen MR) is 107 cm³/mol. The van der Waals surface area contributed by atoms with E-state index in [9.17, 15) is 14.4 Å². The highest BCUT2D eigenvalue weighted by Gasteiger charge is 2.52. The molecule has 162 valence electrons. The highest BCUT2D eigenvalue weighted by molar-refractivity contribution is 6.08. The largest absolute Gasteiger partial charge is 0.486 e. The monoisotopic (exact) mass is 425 g/mol. The molecule has 0 saturated carbocycles. The van der Waals surface area contributed by atoms with Crippen LogP contribution in [-0.4, -0.2) is 53.9 Å². The first-order valence-corrected chi connectivity index (χ1v) is 10.3. The van der Waals surface area contributed by atoms with Crippen LogP contribution < -0.4 is 14.8 Å². The van der Waals surface area contributed by atoms with Crippen molar-refractivity contribution in [3.05, 3.63) is 47.9 Å². The molecule has 0 bridgehead atoms. The minimum absolute atomic E-state index is 0.138. The molecule has 4 heterocycles. The van der Waals surface area contributed by atoms with Crippen LogP contribution in [0.3, 0.4) is 0 Å². The van der Waals surface area contributed by atoms with Gasteiger partial charge in [-0.05, 0) is 49.6 Å². The van der Waals surface area contributed by atoms with E-state index in [0.717, 1.165) is 23.3 Å². The van der Waals surface area contributed by atoms with Crippen LogP contribution in [0.15, 0.2) is 41.0 Å². The van der Waals surface area contributed by atoms with E-state index in [1.165, 1.54) is 6.26 Å². The third-order valence-electron chi connectivity index (χ3n) is 6.11. The van der Waals surface area contributed by atoms with Gasteiger partial charge in [-0.3, -0.25) is 14.5 Å². The Bertz CT molecular complexity index is 1040. The molecule has 4 amide bonds. The van der Waals surface area contributed by atoms with E-state index in [-0.39, 0.29) is 18.5 Å². The van der Waals surface area contributed by atoms with Gasteiger partial charge in [0.25, 0.3) is 5.91 Å². The van der Waals surface area contributed by atoms with E-state index in [2.05, 4.69) is 5.32 Å². The van der Waals surface area contributed by atoms with E-state index < -0.39 is 17.5 Å². The lowest BCUT2D eigenvalue weighted by Gasteiger charge is -2.28. The maximum absolute atomic E-state index is 13.1. The Kier molecular flexibility index (Phi) is 4.60. The van der Waals surface area contributed by atoms with E-state index >= 15 is 0 Å². The number of hydrogen-bond acceptors (Lipinski definition) is 6. The fourth-order valence-corrected chi connectivity index (χ4v) is 4.48. The number of furan rings is 1. The lowest BCUT2D eigenvalue weighted by molar-refractivity contribution is -0.139. The van der Waals surface area contributed by atoms with Gasteiger partial charge in [0.1, 0.15) is 25.5 Å². The summed E-state index contributed by atoms with van der Waals surface area (Å²) in [5.41, 5.74) is -0.367. The Balaban J connectivity index is 1.33. The first-order valence-electron chi connectivity index (χ1n) is 10.3. The molecule has 0 aliphatic carbocycles. The van der Waals surface area contributed by atoms with Gasteiger partial charge in [-0.2, -0.15) is 0 Å². The normalized spacial score (nSPS) is 25.1. The molecule has 1 N–H and O–H groups in total. The fourth-order valence-electron chi connectivity index (χ4n) is 4.48. The van der Waals surface area contributed by atoms with Crippen molar-refractivity contribution in [2.45, 2.75) is 31.3 Å². The zero-order chi connectivity index (χ0) is 21.6. The van der Waals surface area contributed by atoms with Gasteiger partial charge < -0.3 is 24.1 Å². The van der Waals surface area contributed by atoms with Gasteiger partial charge in [-0.25, -0.2) is 4.79 Å². The molecule has 0 unspecified atom stereocenters. The number of nitrogens with one attached hydrogen (secondary N) is 1. The Morgan fingerprint density at radius 1 is 1.19 bits per heavy atom. The van der Waals surface area contributed by atoms with Crippen LogP contribution in [0.1, 0.15) is 37.1 Å². The molecule has 2 fully saturated rings. The molecule has 0 spiro atoms. The number of carbonyl (C=O) groups is 3. The van der Waals surface area contributed by atoms with Crippen molar-refractivity contribution >= 4 is 17.8 Å². The van der Waals surface area contributed by atoms with Gasteiger partial charge in [0.15, 0.2) is 17.0 Å². The molecule has 9 nitrogen and oxygen atoms in total. The van der Waals surface area contributed by atoms with Gasteiger partial charge in [0.2, 0.25) is 5.91 Å². The maximum Gasteiger partial charge on any atom is 0.325 e. The molecular weight excluding hydrogens is 402 g/mol. The van der Waals surface area contributed by atoms with Gasteiger partial charge in [0.05, 0.1) is 12.3 Å². The van der Waals surface area contributed by atoms with E-state index in [0.29, 0.717) is 37.0 Å². The zero-order valence-electron chi connectivity index (χ0n) is 17.1. The summed E-state index contributed by atoms with van der Waals surface area (Å²) >= 11 is 0. The summed E-state index contributed by atoms with van der Waals surface area (Å²) in [7, 11) is 0. The second kappa shape index (κ2) is 7.33. The van der Waals surface area contributed by atoms with Crippen LogP contribution in [0.5, 0.6) is 11.5 Å². The quantitative estimate of drug-likeness (QED) is 0.754. The summed E-state index contributed by atoms with van der Waals surface area (Å²) < 4.78 is 16.6. The van der Waals surface area contributed by atoms with Crippen LogP contribution in [0.2, 0.25) is 0 Å². The summed E-state index contributed by atoms with van der Waals surface area (Å²) in [6.07, 6.45) is 3.08. The van der Waals surface area contributed by atoms with Gasteiger partial charge in [-0.15, -0.1) is 0 Å². The maximum atomic E-state index is 13.1. The fraction of sp³-hybridized carbons (Fsp3) is 0.409. The number of hydrogen-bond donors (Lipinski definition) is 1. The van der Waals surface area contributed by atoms with Crippen molar-refractivity contribution in [3.63, 3.8) is 0 Å². The number of benzene rings is 1. The molecule has 2 atom stereocenters. The molecule has 1 aromatic carbocycles. The Morgan fingerprint density at radius 3 is 2.77 bits per heavy atom. The first-order chi connectivity index (χ1) is 15.0. The Hall–Kier alpha value is -3.49. The SMILES string of the molecule is C[C@@]1(c2ccco2)NC(=O)N(CC(=O)N2CCC[C@H]2c2ccc3c(c2)OCCO3)C1=O. The molecule has 9 heteroatoms. The molecule has 31 heavy (non-hydrogen) atoms. The van der Waals surface area contributed by atoms with Crippen molar-refractivity contribution in [1.29, 1.82) is 0 Å². The molecule has 5 rings (SSSR count). The third kappa shape index (κ3) is 3.20. The van der Waals surface area contributed by atoms with E-state index in [1.54, 1.807) is 24.0 Å². The second-order valence-electron chi connectivity index (χ2n) is 8.07. The minimum Gasteiger partial charge on any atom is -0.486 e. The molecule has 2 aromatic rings. The number of nitrogens with zero attached hydrogens (tertiary/aromatic N) is 2. The zero-order valence-corrected chi connectivity index (χ0v) is 17.1. The standard InChI is InChI=1S/C22H23N3O6/c1-22(18-5-3-9-31-18)20(27)25(21(28)23-22)13-19(26)24-8-2-4-15(24)14-6-7-16-17(12-14)30-11-10-29-16/h3,5-7,9,12,15H,2,4,8,10-11,13H2,1H3,(H,23,28)/t15-,22-/m0/s1. The lowest BCUT2D eigenvalue weighted by Crippen LogP contribution is -2.44. The minimum atomic E-state index is -1.32. The highest BCUT2D eigenvalue weighted by atomic mass is 16.6. The summed E-state index contributed by atoms with van der Waals surface area (Å²) in [5.74, 6) is 0.922. The summed E-state index contributed by atoms with van der Waals surface area (Å²) in [5, 5.41) is 2.65. The second-order valence-corrected chi connectivity index (χ2v) is 8.07. The summed E-state index contributed by atoms with van der Waals surface area (Å²) in [4.78, 5) is 41.3. The van der Waals surface area contributed by atoms with Crippen LogP contribution in [0.4, 0.5) is 4.79 Å². The number of fused-ring (bicyclic) bond motifs is 1. The van der Waals surface area contributed by atoms with Crippen molar-refractivity contribution in [2.24, 2.45) is 0 Å². The average molecular weight is 425 g/mol. The van der Waals surface area contributed by atoms with Crippen LogP contribution in [0.25, 0.3) is 0 Å². The topological polar surface area (TPSA) is 101 Å². The molecule has 3 aliphatic heterocycles. The summed E-state index contributed by atoms with van der Waals surface area (Å²) in [6.45, 7) is 2.83. The van der Waals surface area contributed by atoms with Crippen molar-refractivity contribution < 1.29 is 28.3 Å². The van der Waals surface area contributed by atoms with Crippen molar-refractivity contribution in [2.75, 3.05) is 26.3 Å². The predicted octanol–water partition coefficient (Wildman–Crippen LogP) is 2.18. The van der Waals surface area contributed by atoms with Gasteiger partial charge in [-0.1, -0.05) is 6.07 Å². The number of imide groups is 1.